The predicted octanol–water partition coefficient (Wildman–Crippen LogP) is 9.12. The molecular weight excluding hydrogens is 464 g/mol. The topological polar surface area (TPSA) is 57.4 Å². The van der Waals surface area contributed by atoms with E-state index in [-0.39, 0.29) is 0 Å². The van der Waals surface area contributed by atoms with Crippen LogP contribution in [0.25, 0.3) is 55.5 Å². The lowest BCUT2D eigenvalue weighted by atomic mass is 9.97. The van der Waals surface area contributed by atoms with Gasteiger partial charge in [-0.25, -0.2) is 9.97 Å². The molecule has 0 atom stereocenters. The molecule has 1 aromatic carbocycles. The molecule has 5 heterocycles. The maximum absolute atomic E-state index is 5.27. The van der Waals surface area contributed by atoms with Crippen molar-refractivity contribution in [2.75, 3.05) is 0 Å². The highest BCUT2D eigenvalue weighted by Crippen LogP contribution is 2.40. The normalized spacial score (nSPS) is 13.6. The summed E-state index contributed by atoms with van der Waals surface area (Å²) in [6, 6.07) is 17.2. The van der Waals surface area contributed by atoms with Gasteiger partial charge in [-0.15, -0.1) is 0 Å². The van der Waals surface area contributed by atoms with Gasteiger partial charge in [-0.3, -0.25) is 0 Å². The zero-order valence-electron chi connectivity index (χ0n) is 23.5. The van der Waals surface area contributed by atoms with E-state index >= 15 is 0 Å². The third-order valence-electron chi connectivity index (χ3n) is 8.74. The summed E-state index contributed by atoms with van der Waals surface area (Å²) in [5, 5.41) is 0. The molecule has 0 saturated carbocycles. The molecule has 2 aliphatic heterocycles. The first-order valence-electron chi connectivity index (χ1n) is 13.3. The quantitative estimate of drug-likeness (QED) is 0.275. The average molecular weight is 499 g/mol. The van der Waals surface area contributed by atoms with Crippen molar-refractivity contribution < 1.29 is 0 Å². The zero-order valence-corrected chi connectivity index (χ0v) is 23.5. The summed E-state index contributed by atoms with van der Waals surface area (Å²) < 4.78 is 0. The summed E-state index contributed by atoms with van der Waals surface area (Å²) >= 11 is 0. The van der Waals surface area contributed by atoms with Crippen LogP contribution in [0, 0.1) is 27.7 Å². The fourth-order valence-electron chi connectivity index (χ4n) is 5.55. The highest BCUT2D eigenvalue weighted by atomic mass is 14.8. The van der Waals surface area contributed by atoms with Crippen LogP contribution < -0.4 is 0 Å². The van der Waals surface area contributed by atoms with Gasteiger partial charge in [-0.05, 0) is 124 Å². The molecule has 0 saturated heterocycles. The van der Waals surface area contributed by atoms with Crippen molar-refractivity contribution in [2.45, 2.75) is 55.4 Å². The summed E-state index contributed by atoms with van der Waals surface area (Å²) in [6.07, 6.45) is 0. The Labute approximate surface area is 224 Å². The lowest BCUT2D eigenvalue weighted by Gasteiger charge is -2.07. The Hall–Kier alpha value is -4.18. The van der Waals surface area contributed by atoms with Crippen LogP contribution in [-0.4, -0.2) is 19.9 Å². The number of aryl methyl sites for hydroxylation is 4. The Balaban J connectivity index is 1.88. The maximum atomic E-state index is 5.27. The second-order valence-corrected chi connectivity index (χ2v) is 10.8. The summed E-state index contributed by atoms with van der Waals surface area (Å²) in [7, 11) is 0. The first-order chi connectivity index (χ1) is 18.2. The van der Waals surface area contributed by atoms with Gasteiger partial charge in [0.15, 0.2) is 0 Å². The van der Waals surface area contributed by atoms with Crippen LogP contribution in [0.5, 0.6) is 0 Å². The first kappa shape index (κ1) is 24.2. The molecule has 0 fully saturated rings. The summed E-state index contributed by atoms with van der Waals surface area (Å²) in [5.41, 5.74) is 20.5. The molecule has 2 N–H and O–H groups in total. The lowest BCUT2D eigenvalue weighted by Crippen LogP contribution is -1.89. The van der Waals surface area contributed by atoms with Gasteiger partial charge in [0.05, 0.1) is 28.3 Å². The van der Waals surface area contributed by atoms with Crippen LogP contribution in [0.4, 0.5) is 0 Å². The van der Waals surface area contributed by atoms with Crippen molar-refractivity contribution in [3.05, 3.63) is 93.6 Å². The molecule has 38 heavy (non-hydrogen) atoms. The number of benzene rings is 1. The van der Waals surface area contributed by atoms with Gasteiger partial charge in [0.1, 0.15) is 0 Å². The average Bonchev–Trinajstić information content (AvgIpc) is 3.54. The second kappa shape index (κ2) is 8.70. The van der Waals surface area contributed by atoms with E-state index in [2.05, 4.69) is 114 Å². The van der Waals surface area contributed by atoms with Crippen LogP contribution in [0.3, 0.4) is 0 Å². The van der Waals surface area contributed by atoms with Crippen LogP contribution in [0.15, 0.2) is 48.5 Å². The molecule has 0 unspecified atom stereocenters. The van der Waals surface area contributed by atoms with E-state index in [0.29, 0.717) is 0 Å². The molecule has 0 amide bonds. The molecule has 2 aliphatic rings. The van der Waals surface area contributed by atoms with E-state index in [9.17, 15) is 0 Å². The number of rotatable bonds is 1. The molecule has 4 aromatic rings. The molecule has 0 aliphatic carbocycles. The van der Waals surface area contributed by atoms with E-state index < -0.39 is 0 Å². The number of nitrogens with one attached hydrogen (secondary N) is 2. The van der Waals surface area contributed by atoms with Gasteiger partial charge in [0.2, 0.25) is 0 Å². The Morgan fingerprint density at radius 1 is 0.500 bits per heavy atom. The Morgan fingerprint density at radius 2 is 1.03 bits per heavy atom. The van der Waals surface area contributed by atoms with Crippen LogP contribution in [0.2, 0.25) is 0 Å². The molecule has 0 spiro atoms. The van der Waals surface area contributed by atoms with Gasteiger partial charge < -0.3 is 9.97 Å². The van der Waals surface area contributed by atoms with E-state index in [1.54, 1.807) is 0 Å². The van der Waals surface area contributed by atoms with Crippen LogP contribution in [0.1, 0.15) is 72.7 Å². The Kier molecular flexibility index (Phi) is 5.53. The number of nitrogens with zero attached hydrogens (tertiary/aromatic N) is 2. The van der Waals surface area contributed by atoms with Crippen molar-refractivity contribution in [3.8, 4) is 11.1 Å². The fraction of sp³-hybridized carbons (Fsp3) is 0.235. The standard InChI is InChI=1S/C34H34N4/c1-17-19(3)28-15-30-21(5)23(7)33(37-30)32(25-12-10-9-11-13-25)34-24(8)22(6)31(38-34)16-29-20(4)18(2)27(36-29)14-26(17)35-28/h9-16,35,37H,1-8H3. The number of aromatic nitrogens is 4. The highest BCUT2D eigenvalue weighted by Gasteiger charge is 2.22. The Morgan fingerprint density at radius 3 is 1.71 bits per heavy atom. The number of hydrogen-bond donors (Lipinski definition) is 2. The largest absolute Gasteiger partial charge is 0.355 e. The summed E-state index contributed by atoms with van der Waals surface area (Å²) in [4.78, 5) is 17.8. The van der Waals surface area contributed by atoms with Crippen molar-refractivity contribution in [2.24, 2.45) is 0 Å². The summed E-state index contributed by atoms with van der Waals surface area (Å²) in [6.45, 7) is 17.5. The molecular formula is C34H34N4. The van der Waals surface area contributed by atoms with Crippen LogP contribution in [-0.2, 0) is 0 Å². The van der Waals surface area contributed by atoms with Crippen LogP contribution >= 0.6 is 0 Å². The van der Waals surface area contributed by atoms with Crippen molar-refractivity contribution >= 4 is 44.4 Å². The third kappa shape index (κ3) is 3.59. The molecule has 4 heteroatoms. The third-order valence-corrected chi connectivity index (χ3v) is 8.74. The van der Waals surface area contributed by atoms with Gasteiger partial charge in [0.25, 0.3) is 0 Å². The molecule has 3 aromatic heterocycles. The van der Waals surface area contributed by atoms with Gasteiger partial charge >= 0.3 is 0 Å². The minimum atomic E-state index is 0.979. The number of fused-ring (bicyclic) bond motifs is 8. The molecule has 4 nitrogen and oxygen atoms in total. The predicted molar refractivity (Wildman–Crippen MR) is 162 cm³/mol. The van der Waals surface area contributed by atoms with Crippen molar-refractivity contribution in [1.29, 1.82) is 0 Å². The Bertz CT molecular complexity index is 1880. The molecule has 0 radical (unpaired) electrons. The van der Waals surface area contributed by atoms with Gasteiger partial charge in [0, 0.05) is 22.1 Å². The fourth-order valence-corrected chi connectivity index (χ4v) is 5.55. The SMILES string of the molecule is CC1=C(C)c2cc3[nH]c(cc4[nH]c(c(C)c4C)c(-c4ccccc4)c4nc(cc1n2)C(C)=C4C)c(C)c3C. The van der Waals surface area contributed by atoms with E-state index in [1.807, 2.05) is 0 Å². The monoisotopic (exact) mass is 498 g/mol. The minimum Gasteiger partial charge on any atom is -0.355 e. The van der Waals surface area contributed by atoms with E-state index in [1.165, 1.54) is 44.5 Å². The number of hydrogen-bond acceptors (Lipinski definition) is 2. The first-order valence-corrected chi connectivity index (χ1v) is 13.3. The van der Waals surface area contributed by atoms with Gasteiger partial charge in [-0.1, -0.05) is 30.3 Å². The number of aromatic amines is 2. The number of H-pyrrole nitrogens is 2. The van der Waals surface area contributed by atoms with Crippen molar-refractivity contribution in [3.63, 3.8) is 0 Å². The smallest absolute Gasteiger partial charge is 0.0768 e. The van der Waals surface area contributed by atoms with Gasteiger partial charge in [-0.2, -0.15) is 0 Å². The zero-order chi connectivity index (χ0) is 26.9. The summed E-state index contributed by atoms with van der Waals surface area (Å²) in [5.74, 6) is 0. The molecule has 8 bridgehead atoms. The maximum Gasteiger partial charge on any atom is 0.0768 e. The number of allylic oxidation sites excluding steroid dienone is 4. The lowest BCUT2D eigenvalue weighted by molar-refractivity contribution is 1.25. The second-order valence-electron chi connectivity index (χ2n) is 10.8. The van der Waals surface area contributed by atoms with E-state index in [0.717, 1.165) is 56.0 Å². The minimum absolute atomic E-state index is 0.979. The molecule has 190 valence electrons. The van der Waals surface area contributed by atoms with Crippen molar-refractivity contribution in [1.82, 2.24) is 19.9 Å². The highest BCUT2D eigenvalue weighted by molar-refractivity contribution is 6.00. The molecule has 6 rings (SSSR count). The van der Waals surface area contributed by atoms with E-state index in [4.69, 9.17) is 9.97 Å².